The van der Waals surface area contributed by atoms with E-state index in [0.29, 0.717) is 30.5 Å². The number of piperazine rings is 1. The van der Waals surface area contributed by atoms with Gasteiger partial charge in [-0.05, 0) is 18.9 Å². The van der Waals surface area contributed by atoms with Gasteiger partial charge >= 0.3 is 6.61 Å². The summed E-state index contributed by atoms with van der Waals surface area (Å²) in [6.07, 6.45) is 3.28. The molecular formula is C21H31F2N5O2. The van der Waals surface area contributed by atoms with Crippen LogP contribution in [0.4, 0.5) is 8.78 Å². The molecule has 30 heavy (non-hydrogen) atoms. The molecule has 0 bridgehead atoms. The molecule has 3 rings (SSSR count). The highest BCUT2D eigenvalue weighted by molar-refractivity contribution is 5.80. The molecule has 1 saturated heterocycles. The summed E-state index contributed by atoms with van der Waals surface area (Å²) in [6, 6.07) is 6.70. The lowest BCUT2D eigenvalue weighted by molar-refractivity contribution is -0.139. The van der Waals surface area contributed by atoms with Crippen molar-refractivity contribution in [1.29, 1.82) is 0 Å². The molecule has 0 aromatic heterocycles. The number of carbonyl (C=O) groups is 1. The number of para-hydroxylation sites is 1. The highest BCUT2D eigenvalue weighted by Gasteiger charge is 2.30. The number of rotatable bonds is 8. The van der Waals surface area contributed by atoms with Crippen molar-refractivity contribution in [3.05, 3.63) is 29.8 Å². The maximum atomic E-state index is 12.5. The second kappa shape index (κ2) is 11.1. The topological polar surface area (TPSA) is 69.2 Å². The lowest BCUT2D eigenvalue weighted by Gasteiger charge is -2.38. The van der Waals surface area contributed by atoms with E-state index in [1.54, 1.807) is 25.2 Å². The molecule has 2 fully saturated rings. The largest absolute Gasteiger partial charge is 0.434 e. The van der Waals surface area contributed by atoms with Gasteiger partial charge in [0.15, 0.2) is 5.96 Å². The Bertz CT molecular complexity index is 719. The summed E-state index contributed by atoms with van der Waals surface area (Å²) in [6.45, 7) is 2.36. The maximum Gasteiger partial charge on any atom is 0.387 e. The van der Waals surface area contributed by atoms with E-state index in [1.807, 2.05) is 4.90 Å². The normalized spacial score (nSPS) is 18.3. The van der Waals surface area contributed by atoms with E-state index in [9.17, 15) is 13.6 Å². The fraction of sp³-hybridized carbons (Fsp3) is 0.619. The number of hydrogen-bond donors (Lipinski definition) is 2. The van der Waals surface area contributed by atoms with E-state index in [1.165, 1.54) is 12.5 Å². The van der Waals surface area contributed by atoms with Crippen LogP contribution in [0.2, 0.25) is 0 Å². The summed E-state index contributed by atoms with van der Waals surface area (Å²) in [7, 11) is 1.67. The molecule has 7 nitrogen and oxygen atoms in total. The Hall–Kier alpha value is -2.42. The van der Waals surface area contributed by atoms with Crippen molar-refractivity contribution in [1.82, 2.24) is 20.4 Å². The molecule has 1 saturated carbocycles. The van der Waals surface area contributed by atoms with Crippen molar-refractivity contribution >= 4 is 11.9 Å². The van der Waals surface area contributed by atoms with Gasteiger partial charge in [0.25, 0.3) is 0 Å². The van der Waals surface area contributed by atoms with E-state index >= 15 is 0 Å². The number of ether oxygens (including phenoxy) is 1. The third-order valence-corrected chi connectivity index (χ3v) is 5.72. The molecule has 2 N–H and O–H groups in total. The Morgan fingerprint density at radius 1 is 1.20 bits per heavy atom. The molecular weight excluding hydrogens is 392 g/mol. The van der Waals surface area contributed by atoms with Crippen molar-refractivity contribution in [3.63, 3.8) is 0 Å². The van der Waals surface area contributed by atoms with E-state index in [-0.39, 0.29) is 11.7 Å². The van der Waals surface area contributed by atoms with Crippen molar-refractivity contribution in [2.24, 2.45) is 10.9 Å². The molecule has 2 aliphatic rings. The number of aliphatic imine (C=N–C) groups is 1. The van der Waals surface area contributed by atoms with Gasteiger partial charge in [0.1, 0.15) is 5.75 Å². The van der Waals surface area contributed by atoms with Crippen molar-refractivity contribution in [3.8, 4) is 5.75 Å². The molecule has 0 radical (unpaired) electrons. The van der Waals surface area contributed by atoms with Crippen LogP contribution in [-0.4, -0.2) is 74.6 Å². The summed E-state index contributed by atoms with van der Waals surface area (Å²) >= 11 is 0. The minimum Gasteiger partial charge on any atom is -0.434 e. The molecule has 1 aliphatic carbocycles. The van der Waals surface area contributed by atoms with E-state index < -0.39 is 6.61 Å². The third-order valence-electron chi connectivity index (χ3n) is 5.72. The Morgan fingerprint density at radius 3 is 2.57 bits per heavy atom. The second-order valence-corrected chi connectivity index (χ2v) is 7.63. The zero-order valence-electron chi connectivity index (χ0n) is 17.4. The first-order chi connectivity index (χ1) is 14.6. The van der Waals surface area contributed by atoms with Crippen molar-refractivity contribution in [2.45, 2.75) is 32.4 Å². The van der Waals surface area contributed by atoms with E-state index in [4.69, 9.17) is 0 Å². The summed E-state index contributed by atoms with van der Waals surface area (Å²) in [5.74, 6) is 1.36. The van der Waals surface area contributed by atoms with Crippen LogP contribution >= 0.6 is 0 Å². The Balaban J connectivity index is 1.36. The molecule has 1 aromatic rings. The summed E-state index contributed by atoms with van der Waals surface area (Å²) < 4.78 is 29.6. The van der Waals surface area contributed by atoms with Crippen molar-refractivity contribution in [2.75, 3.05) is 46.3 Å². The summed E-state index contributed by atoms with van der Waals surface area (Å²) in [5.41, 5.74) is 0.632. The molecule has 1 aliphatic heterocycles. The fourth-order valence-electron chi connectivity index (χ4n) is 3.70. The fourth-order valence-corrected chi connectivity index (χ4v) is 3.70. The maximum absolute atomic E-state index is 12.5. The minimum absolute atomic E-state index is 0.157. The molecule has 9 heteroatoms. The zero-order valence-corrected chi connectivity index (χ0v) is 17.4. The number of nitrogens with one attached hydrogen (secondary N) is 2. The predicted molar refractivity (Wildman–Crippen MR) is 112 cm³/mol. The van der Waals surface area contributed by atoms with Gasteiger partial charge in [-0.1, -0.05) is 24.6 Å². The number of halogens is 2. The van der Waals surface area contributed by atoms with Crippen LogP contribution < -0.4 is 15.4 Å². The van der Waals surface area contributed by atoms with Gasteiger partial charge in [-0.3, -0.25) is 14.7 Å². The highest BCUT2D eigenvalue weighted by atomic mass is 19.3. The van der Waals surface area contributed by atoms with Gasteiger partial charge in [0, 0.05) is 64.3 Å². The number of nitrogens with zero attached hydrogens (tertiary/aromatic N) is 3. The summed E-state index contributed by atoms with van der Waals surface area (Å²) in [4.78, 5) is 20.8. The van der Waals surface area contributed by atoms with Gasteiger partial charge in [-0.2, -0.15) is 8.78 Å². The predicted octanol–water partition coefficient (Wildman–Crippen LogP) is 1.90. The molecule has 1 amide bonds. The number of hydrogen-bond acceptors (Lipinski definition) is 4. The van der Waals surface area contributed by atoms with Crippen LogP contribution in [0.15, 0.2) is 29.3 Å². The zero-order chi connectivity index (χ0) is 21.3. The van der Waals surface area contributed by atoms with Gasteiger partial charge in [-0.15, -0.1) is 0 Å². The van der Waals surface area contributed by atoms with Gasteiger partial charge in [0.2, 0.25) is 5.91 Å². The first kappa shape index (κ1) is 22.3. The number of amides is 1. The van der Waals surface area contributed by atoms with Crippen LogP contribution in [0.3, 0.4) is 0 Å². The van der Waals surface area contributed by atoms with Crippen LogP contribution in [0.1, 0.15) is 24.8 Å². The first-order valence-corrected chi connectivity index (χ1v) is 10.5. The molecule has 0 spiro atoms. The quantitative estimate of drug-likeness (QED) is 0.494. The van der Waals surface area contributed by atoms with Crippen LogP contribution in [0, 0.1) is 5.92 Å². The number of benzene rings is 1. The lowest BCUT2D eigenvalue weighted by atomic mass is 9.84. The lowest BCUT2D eigenvalue weighted by Crippen LogP contribution is -2.52. The molecule has 1 heterocycles. The van der Waals surface area contributed by atoms with Crippen LogP contribution in [-0.2, 0) is 11.3 Å². The molecule has 0 atom stereocenters. The van der Waals surface area contributed by atoms with E-state index in [0.717, 1.165) is 45.6 Å². The number of guanidine groups is 1. The minimum atomic E-state index is -2.85. The monoisotopic (exact) mass is 423 g/mol. The molecule has 0 unspecified atom stereocenters. The van der Waals surface area contributed by atoms with Gasteiger partial charge in [-0.25, -0.2) is 0 Å². The average molecular weight is 424 g/mol. The standard InChI is InChI=1S/C21H31F2N5O2/c1-24-21(26-15-17-5-2-3-8-18(17)30-20(22)23)25-9-10-27-11-13-28(14-12-27)19(29)16-6-4-7-16/h2-3,5,8,16,20H,4,6-7,9-15H2,1H3,(H2,24,25,26). The average Bonchev–Trinajstić information content (AvgIpc) is 2.70. The Morgan fingerprint density at radius 2 is 1.93 bits per heavy atom. The van der Waals surface area contributed by atoms with Gasteiger partial charge in [0.05, 0.1) is 0 Å². The Labute approximate surface area is 176 Å². The SMILES string of the molecule is CN=C(NCCN1CCN(C(=O)C2CCC2)CC1)NCc1ccccc1OC(F)F. The first-order valence-electron chi connectivity index (χ1n) is 10.5. The third kappa shape index (κ3) is 6.29. The van der Waals surface area contributed by atoms with Crippen molar-refractivity contribution < 1.29 is 18.3 Å². The van der Waals surface area contributed by atoms with Crippen LogP contribution in [0.5, 0.6) is 5.75 Å². The van der Waals surface area contributed by atoms with Crippen LogP contribution in [0.25, 0.3) is 0 Å². The highest BCUT2D eigenvalue weighted by Crippen LogP contribution is 2.28. The second-order valence-electron chi connectivity index (χ2n) is 7.63. The molecule has 1 aromatic carbocycles. The Kier molecular flexibility index (Phi) is 8.24. The smallest absolute Gasteiger partial charge is 0.387 e. The number of alkyl halides is 2. The van der Waals surface area contributed by atoms with Gasteiger partial charge < -0.3 is 20.3 Å². The van der Waals surface area contributed by atoms with E-state index in [2.05, 4.69) is 25.3 Å². The number of carbonyl (C=O) groups excluding carboxylic acids is 1. The molecule has 166 valence electrons. The summed E-state index contributed by atoms with van der Waals surface area (Å²) in [5, 5.41) is 6.37.